The Balaban J connectivity index is 1.53. The maximum atomic E-state index is 12.4. The molecule has 25 heavy (non-hydrogen) atoms. The lowest BCUT2D eigenvalue weighted by Gasteiger charge is -2.30. The van der Waals surface area contributed by atoms with E-state index < -0.39 is 0 Å². The van der Waals surface area contributed by atoms with Crippen molar-refractivity contribution in [2.75, 3.05) is 16.8 Å². The summed E-state index contributed by atoms with van der Waals surface area (Å²) in [6, 6.07) is 12.0. The fraction of sp³-hybridized carbons (Fsp3) is 0.211. The Morgan fingerprint density at radius 1 is 1.20 bits per heavy atom. The van der Waals surface area contributed by atoms with Gasteiger partial charge >= 0.3 is 0 Å². The maximum absolute atomic E-state index is 12.4. The first kappa shape index (κ1) is 15.4. The summed E-state index contributed by atoms with van der Waals surface area (Å²) in [4.78, 5) is 18.9. The van der Waals surface area contributed by atoms with Crippen molar-refractivity contribution in [3.63, 3.8) is 0 Å². The van der Waals surface area contributed by atoms with Gasteiger partial charge in [0.1, 0.15) is 5.76 Å². The lowest BCUT2D eigenvalue weighted by Crippen LogP contribution is -2.30. The third-order valence-electron chi connectivity index (χ3n) is 4.35. The standard InChI is InChI=1S/C19H18N4O2/c1-13-8-18(22-25-13)21-19(24)16-9-17(11-20-10-16)23-7-6-14-4-2-3-5-15(14)12-23/h2-5,8-11H,6-7,12H2,1H3,(H,21,22,24). The van der Waals surface area contributed by atoms with Crippen molar-refractivity contribution in [2.24, 2.45) is 0 Å². The molecule has 0 fully saturated rings. The summed E-state index contributed by atoms with van der Waals surface area (Å²) >= 11 is 0. The molecule has 6 nitrogen and oxygen atoms in total. The van der Waals surface area contributed by atoms with E-state index in [-0.39, 0.29) is 5.91 Å². The first-order valence-corrected chi connectivity index (χ1v) is 8.20. The van der Waals surface area contributed by atoms with E-state index in [1.54, 1.807) is 25.4 Å². The van der Waals surface area contributed by atoms with Gasteiger partial charge in [-0.2, -0.15) is 0 Å². The van der Waals surface area contributed by atoms with Gasteiger partial charge in [0.2, 0.25) is 0 Å². The van der Waals surface area contributed by atoms with Crippen LogP contribution < -0.4 is 10.2 Å². The second-order valence-corrected chi connectivity index (χ2v) is 6.15. The monoisotopic (exact) mass is 334 g/mol. The molecular weight excluding hydrogens is 316 g/mol. The quantitative estimate of drug-likeness (QED) is 0.796. The molecule has 1 aromatic carbocycles. The van der Waals surface area contributed by atoms with Crippen LogP contribution in [0.2, 0.25) is 0 Å². The zero-order chi connectivity index (χ0) is 17.2. The molecule has 126 valence electrons. The Morgan fingerprint density at radius 2 is 2.04 bits per heavy atom. The normalized spacial score (nSPS) is 13.4. The summed E-state index contributed by atoms with van der Waals surface area (Å²) in [7, 11) is 0. The van der Waals surface area contributed by atoms with Crippen LogP contribution in [0.3, 0.4) is 0 Å². The molecule has 6 heteroatoms. The second-order valence-electron chi connectivity index (χ2n) is 6.15. The average molecular weight is 334 g/mol. The van der Waals surface area contributed by atoms with Crippen LogP contribution in [0, 0.1) is 6.92 Å². The predicted octanol–water partition coefficient (Wildman–Crippen LogP) is 3.19. The summed E-state index contributed by atoms with van der Waals surface area (Å²) in [6.45, 7) is 3.51. The van der Waals surface area contributed by atoms with Crippen molar-refractivity contribution >= 4 is 17.4 Å². The van der Waals surface area contributed by atoms with Gasteiger partial charge < -0.3 is 14.7 Å². The molecule has 1 N–H and O–H groups in total. The molecular formula is C19H18N4O2. The summed E-state index contributed by atoms with van der Waals surface area (Å²) in [5.41, 5.74) is 4.15. The summed E-state index contributed by atoms with van der Waals surface area (Å²) in [5.74, 6) is 0.800. The minimum absolute atomic E-state index is 0.250. The highest BCUT2D eigenvalue weighted by Gasteiger charge is 2.18. The molecule has 0 unspecified atom stereocenters. The second kappa shape index (κ2) is 6.39. The Labute approximate surface area is 145 Å². The maximum Gasteiger partial charge on any atom is 0.258 e. The van der Waals surface area contributed by atoms with Gasteiger partial charge in [-0.1, -0.05) is 29.4 Å². The van der Waals surface area contributed by atoms with Gasteiger partial charge in [-0.25, -0.2) is 0 Å². The number of aromatic nitrogens is 2. The van der Waals surface area contributed by atoms with E-state index in [1.165, 1.54) is 11.1 Å². The van der Waals surface area contributed by atoms with Crippen LogP contribution in [0.1, 0.15) is 27.2 Å². The van der Waals surface area contributed by atoms with Gasteiger partial charge in [0.15, 0.2) is 5.82 Å². The lowest BCUT2D eigenvalue weighted by atomic mass is 9.99. The molecule has 3 heterocycles. The van der Waals surface area contributed by atoms with Crippen LogP contribution >= 0.6 is 0 Å². The Kier molecular flexibility index (Phi) is 3.93. The smallest absolute Gasteiger partial charge is 0.258 e. The third-order valence-corrected chi connectivity index (χ3v) is 4.35. The number of pyridine rings is 1. The number of hydrogen-bond donors (Lipinski definition) is 1. The topological polar surface area (TPSA) is 71.3 Å². The molecule has 1 amide bonds. The zero-order valence-corrected chi connectivity index (χ0v) is 13.9. The van der Waals surface area contributed by atoms with Gasteiger partial charge in [0.05, 0.1) is 17.4 Å². The number of amides is 1. The predicted molar refractivity (Wildman–Crippen MR) is 94.6 cm³/mol. The Hall–Kier alpha value is -3.15. The number of benzene rings is 1. The summed E-state index contributed by atoms with van der Waals surface area (Å²) in [6.07, 6.45) is 4.35. The number of anilines is 2. The van der Waals surface area contributed by atoms with Crippen molar-refractivity contribution in [2.45, 2.75) is 19.9 Å². The molecule has 0 saturated carbocycles. The SMILES string of the molecule is Cc1cc(NC(=O)c2cncc(N3CCc4ccccc4C3)c2)no1. The van der Waals surface area contributed by atoms with E-state index in [0.717, 1.165) is 25.2 Å². The van der Waals surface area contributed by atoms with Gasteiger partial charge in [-0.15, -0.1) is 0 Å². The minimum atomic E-state index is -0.250. The van der Waals surface area contributed by atoms with Crippen LogP contribution in [0.15, 0.2) is 53.3 Å². The van der Waals surface area contributed by atoms with Crippen LogP contribution in [0.5, 0.6) is 0 Å². The molecule has 0 saturated heterocycles. The minimum Gasteiger partial charge on any atom is -0.366 e. The summed E-state index contributed by atoms with van der Waals surface area (Å²) in [5, 5.41) is 6.50. The van der Waals surface area contributed by atoms with Crippen molar-refractivity contribution in [3.05, 3.63) is 71.2 Å². The van der Waals surface area contributed by atoms with Crippen molar-refractivity contribution in [3.8, 4) is 0 Å². The van der Waals surface area contributed by atoms with E-state index in [1.807, 2.05) is 6.07 Å². The number of nitrogens with one attached hydrogen (secondary N) is 1. The number of aryl methyl sites for hydroxylation is 1. The lowest BCUT2D eigenvalue weighted by molar-refractivity contribution is 0.102. The molecule has 0 bridgehead atoms. The fourth-order valence-corrected chi connectivity index (χ4v) is 3.05. The number of carbonyl (C=O) groups is 1. The Morgan fingerprint density at radius 3 is 2.84 bits per heavy atom. The van der Waals surface area contributed by atoms with Gasteiger partial charge in [-0.05, 0) is 30.5 Å². The van der Waals surface area contributed by atoms with Crippen molar-refractivity contribution in [1.82, 2.24) is 10.1 Å². The van der Waals surface area contributed by atoms with Gasteiger partial charge in [0.25, 0.3) is 5.91 Å². The highest BCUT2D eigenvalue weighted by molar-refractivity contribution is 6.04. The van der Waals surface area contributed by atoms with Crippen LogP contribution in [0.25, 0.3) is 0 Å². The molecule has 0 spiro atoms. The average Bonchev–Trinajstić information content (AvgIpc) is 3.06. The van der Waals surface area contributed by atoms with Crippen LogP contribution in [0.4, 0.5) is 11.5 Å². The first-order valence-electron chi connectivity index (χ1n) is 8.20. The molecule has 1 aliphatic heterocycles. The first-order chi connectivity index (χ1) is 12.2. The van der Waals surface area contributed by atoms with Gasteiger partial charge in [0, 0.05) is 25.4 Å². The number of nitrogens with zero attached hydrogens (tertiary/aromatic N) is 3. The molecule has 1 aliphatic rings. The molecule has 4 rings (SSSR count). The third kappa shape index (κ3) is 3.24. The van der Waals surface area contributed by atoms with Crippen molar-refractivity contribution in [1.29, 1.82) is 0 Å². The molecule has 3 aromatic rings. The summed E-state index contributed by atoms with van der Waals surface area (Å²) < 4.78 is 4.96. The van der Waals surface area contributed by atoms with E-state index in [2.05, 4.69) is 44.6 Å². The van der Waals surface area contributed by atoms with E-state index in [0.29, 0.717) is 17.1 Å². The zero-order valence-electron chi connectivity index (χ0n) is 13.9. The Bertz CT molecular complexity index is 919. The molecule has 0 aliphatic carbocycles. The molecule has 2 aromatic heterocycles. The molecule has 0 radical (unpaired) electrons. The highest BCUT2D eigenvalue weighted by atomic mass is 16.5. The van der Waals surface area contributed by atoms with Crippen molar-refractivity contribution < 1.29 is 9.32 Å². The number of rotatable bonds is 3. The van der Waals surface area contributed by atoms with E-state index >= 15 is 0 Å². The largest absolute Gasteiger partial charge is 0.366 e. The van der Waals surface area contributed by atoms with E-state index in [9.17, 15) is 4.79 Å². The number of fused-ring (bicyclic) bond motifs is 1. The fourth-order valence-electron chi connectivity index (χ4n) is 3.05. The highest BCUT2D eigenvalue weighted by Crippen LogP contribution is 2.24. The molecule has 0 atom stereocenters. The van der Waals surface area contributed by atoms with Gasteiger partial charge in [-0.3, -0.25) is 9.78 Å². The van der Waals surface area contributed by atoms with Crippen LogP contribution in [-0.4, -0.2) is 22.6 Å². The van der Waals surface area contributed by atoms with E-state index in [4.69, 9.17) is 4.52 Å². The number of carbonyl (C=O) groups excluding carboxylic acids is 1. The number of hydrogen-bond acceptors (Lipinski definition) is 5. The van der Waals surface area contributed by atoms with Crippen LogP contribution in [-0.2, 0) is 13.0 Å².